The van der Waals surface area contributed by atoms with Gasteiger partial charge in [-0.25, -0.2) is 0 Å². The fourth-order valence-corrected chi connectivity index (χ4v) is 1.37. The van der Waals surface area contributed by atoms with Crippen molar-refractivity contribution in [2.75, 3.05) is 6.61 Å². The van der Waals surface area contributed by atoms with E-state index in [0.29, 0.717) is 13.0 Å². The lowest BCUT2D eigenvalue weighted by Gasteiger charge is -2.21. The molecule has 1 saturated heterocycles. The van der Waals surface area contributed by atoms with E-state index in [2.05, 4.69) is 5.92 Å². The zero-order chi connectivity index (χ0) is 10.1. The molecular formula is C10H16O3. The molecule has 0 aromatic rings. The summed E-state index contributed by atoms with van der Waals surface area (Å²) in [6.07, 6.45) is 5.46. The van der Waals surface area contributed by atoms with Crippen LogP contribution >= 0.6 is 0 Å². The molecule has 74 valence electrons. The highest BCUT2D eigenvalue weighted by Gasteiger charge is 2.36. The van der Waals surface area contributed by atoms with Crippen LogP contribution in [0.5, 0.6) is 0 Å². The van der Waals surface area contributed by atoms with Crippen LogP contribution < -0.4 is 0 Å². The number of ether oxygens (including phenoxy) is 2. The first-order valence-corrected chi connectivity index (χ1v) is 4.36. The van der Waals surface area contributed by atoms with Crippen LogP contribution in [-0.2, 0) is 9.47 Å². The topological polar surface area (TPSA) is 38.7 Å². The first-order chi connectivity index (χ1) is 5.85. The smallest absolute Gasteiger partial charge is 0.163 e. The van der Waals surface area contributed by atoms with Gasteiger partial charge in [0.25, 0.3) is 0 Å². The number of terminal acetylenes is 1. The van der Waals surface area contributed by atoms with Crippen molar-refractivity contribution in [1.82, 2.24) is 0 Å². The maximum Gasteiger partial charge on any atom is 0.163 e. The van der Waals surface area contributed by atoms with Gasteiger partial charge >= 0.3 is 0 Å². The van der Waals surface area contributed by atoms with Crippen molar-refractivity contribution in [2.45, 2.75) is 44.7 Å². The summed E-state index contributed by atoms with van der Waals surface area (Å²) in [5.41, 5.74) is -1.10. The van der Waals surface area contributed by atoms with E-state index in [1.807, 2.05) is 13.8 Å². The van der Waals surface area contributed by atoms with Crippen molar-refractivity contribution < 1.29 is 14.6 Å². The van der Waals surface area contributed by atoms with Gasteiger partial charge in [-0.05, 0) is 20.8 Å². The van der Waals surface area contributed by atoms with E-state index in [1.165, 1.54) is 0 Å². The van der Waals surface area contributed by atoms with Crippen LogP contribution in [0.3, 0.4) is 0 Å². The third-order valence-corrected chi connectivity index (χ3v) is 2.00. The second-order valence-electron chi connectivity index (χ2n) is 4.07. The lowest BCUT2D eigenvalue weighted by atomic mass is 10.0. The third kappa shape index (κ3) is 3.00. The van der Waals surface area contributed by atoms with E-state index in [0.717, 1.165) is 0 Å². The Morgan fingerprint density at radius 1 is 1.69 bits per heavy atom. The van der Waals surface area contributed by atoms with Crippen molar-refractivity contribution in [2.24, 2.45) is 0 Å². The minimum absolute atomic E-state index is 0.110. The van der Waals surface area contributed by atoms with Crippen molar-refractivity contribution in [3.05, 3.63) is 0 Å². The largest absolute Gasteiger partial charge is 0.378 e. The average Bonchev–Trinajstić information content (AvgIpc) is 2.29. The molecule has 0 spiro atoms. The maximum absolute atomic E-state index is 9.58. The van der Waals surface area contributed by atoms with Gasteiger partial charge in [0.05, 0.1) is 12.7 Å². The Morgan fingerprint density at radius 3 is 2.69 bits per heavy atom. The molecule has 0 saturated carbocycles. The summed E-state index contributed by atoms with van der Waals surface area (Å²) in [5, 5.41) is 9.58. The Hall–Kier alpha value is -0.560. The highest BCUT2D eigenvalue weighted by molar-refractivity contribution is 5.05. The summed E-state index contributed by atoms with van der Waals surface area (Å²) in [4.78, 5) is 0. The number of hydrogen-bond donors (Lipinski definition) is 1. The zero-order valence-corrected chi connectivity index (χ0v) is 8.33. The van der Waals surface area contributed by atoms with Crippen molar-refractivity contribution in [3.8, 4) is 12.3 Å². The Bertz CT molecular complexity index is 225. The third-order valence-electron chi connectivity index (χ3n) is 2.00. The lowest BCUT2D eigenvalue weighted by molar-refractivity contribution is -0.142. The van der Waals surface area contributed by atoms with Crippen molar-refractivity contribution in [1.29, 1.82) is 0 Å². The second-order valence-corrected chi connectivity index (χ2v) is 4.07. The first-order valence-electron chi connectivity index (χ1n) is 4.36. The molecule has 3 heteroatoms. The molecule has 0 amide bonds. The molecule has 0 aliphatic carbocycles. The molecule has 1 aliphatic rings. The maximum atomic E-state index is 9.58. The molecule has 1 aliphatic heterocycles. The molecule has 1 rings (SSSR count). The van der Waals surface area contributed by atoms with E-state index in [1.54, 1.807) is 6.92 Å². The fraction of sp³-hybridized carbons (Fsp3) is 0.800. The van der Waals surface area contributed by atoms with Gasteiger partial charge in [0.2, 0.25) is 0 Å². The average molecular weight is 184 g/mol. The molecule has 0 aromatic carbocycles. The molecule has 0 bridgehead atoms. The van der Waals surface area contributed by atoms with Gasteiger partial charge in [0.15, 0.2) is 5.79 Å². The molecule has 13 heavy (non-hydrogen) atoms. The van der Waals surface area contributed by atoms with Gasteiger partial charge in [-0.2, -0.15) is 0 Å². The molecule has 2 atom stereocenters. The second kappa shape index (κ2) is 3.30. The SMILES string of the molecule is C#C[C@@](C)(O)C[C@H]1COC(C)(C)O1. The summed E-state index contributed by atoms with van der Waals surface area (Å²) < 4.78 is 10.9. The predicted molar refractivity (Wildman–Crippen MR) is 49.0 cm³/mol. The van der Waals surface area contributed by atoms with Gasteiger partial charge in [-0.1, -0.05) is 5.92 Å². The molecule has 0 radical (unpaired) electrons. The van der Waals surface area contributed by atoms with Crippen LogP contribution in [0.2, 0.25) is 0 Å². The van der Waals surface area contributed by atoms with Crippen molar-refractivity contribution in [3.63, 3.8) is 0 Å². The first kappa shape index (κ1) is 10.5. The lowest BCUT2D eigenvalue weighted by Crippen LogP contribution is -2.30. The monoisotopic (exact) mass is 184 g/mol. The van der Waals surface area contributed by atoms with E-state index < -0.39 is 11.4 Å². The molecule has 0 aromatic heterocycles. The Balaban J connectivity index is 2.46. The highest BCUT2D eigenvalue weighted by atomic mass is 16.7. The van der Waals surface area contributed by atoms with Crippen LogP contribution in [0, 0.1) is 12.3 Å². The Labute approximate surface area is 79.0 Å². The summed E-state index contributed by atoms with van der Waals surface area (Å²) in [6, 6.07) is 0. The number of aliphatic hydroxyl groups is 1. The van der Waals surface area contributed by atoms with Gasteiger partial charge in [-0.3, -0.25) is 0 Å². The van der Waals surface area contributed by atoms with Gasteiger partial charge < -0.3 is 14.6 Å². The minimum Gasteiger partial charge on any atom is -0.378 e. The fourth-order valence-electron chi connectivity index (χ4n) is 1.37. The highest BCUT2D eigenvalue weighted by Crippen LogP contribution is 2.27. The summed E-state index contributed by atoms with van der Waals surface area (Å²) in [7, 11) is 0. The van der Waals surface area contributed by atoms with Gasteiger partial charge in [0.1, 0.15) is 5.60 Å². The van der Waals surface area contributed by atoms with Crippen LogP contribution in [-0.4, -0.2) is 29.2 Å². The summed E-state index contributed by atoms with van der Waals surface area (Å²) >= 11 is 0. The summed E-state index contributed by atoms with van der Waals surface area (Å²) in [5.74, 6) is 1.77. The molecule has 1 fully saturated rings. The van der Waals surface area contributed by atoms with E-state index >= 15 is 0 Å². The molecule has 3 nitrogen and oxygen atoms in total. The van der Waals surface area contributed by atoms with E-state index in [4.69, 9.17) is 15.9 Å². The summed E-state index contributed by atoms with van der Waals surface area (Å²) in [6.45, 7) is 5.78. The standard InChI is InChI=1S/C10H16O3/c1-5-10(4,11)6-8-7-12-9(2,3)13-8/h1,8,11H,6-7H2,2-4H3/t8-,10+/m0/s1. The van der Waals surface area contributed by atoms with Crippen LogP contribution in [0.25, 0.3) is 0 Å². The Kier molecular flexibility index (Phi) is 2.67. The van der Waals surface area contributed by atoms with Crippen LogP contribution in [0.4, 0.5) is 0 Å². The predicted octanol–water partition coefficient (Wildman–Crippen LogP) is 0.912. The van der Waals surface area contributed by atoms with Gasteiger partial charge in [0, 0.05) is 6.42 Å². The molecule has 0 unspecified atom stereocenters. The quantitative estimate of drug-likeness (QED) is 0.648. The number of hydrogen-bond acceptors (Lipinski definition) is 3. The normalized spacial score (nSPS) is 30.8. The molecular weight excluding hydrogens is 168 g/mol. The molecule has 1 N–H and O–H groups in total. The van der Waals surface area contributed by atoms with Crippen molar-refractivity contribution >= 4 is 0 Å². The van der Waals surface area contributed by atoms with E-state index in [-0.39, 0.29) is 6.10 Å². The van der Waals surface area contributed by atoms with E-state index in [9.17, 15) is 5.11 Å². The number of rotatable bonds is 2. The zero-order valence-electron chi connectivity index (χ0n) is 8.33. The van der Waals surface area contributed by atoms with Gasteiger partial charge in [-0.15, -0.1) is 6.42 Å². The molecule has 1 heterocycles. The Morgan fingerprint density at radius 2 is 2.31 bits per heavy atom. The van der Waals surface area contributed by atoms with Crippen LogP contribution in [0.1, 0.15) is 27.2 Å². The minimum atomic E-state index is -1.10. The van der Waals surface area contributed by atoms with Crippen LogP contribution in [0.15, 0.2) is 0 Å².